The van der Waals surface area contributed by atoms with E-state index in [0.717, 1.165) is 0 Å². The number of aromatic nitrogens is 4. The standard InChI is InChI=1S/C10H6Cl2N2O3.C9H6Cl2N2O2.CH4/c1-16-10(15)7-4-17-9(14-7)5-2-6(11)8(12)13-3-5;10-7-1-5(2-12-8(7)11)9-13-6(3-14)4-15-9;/h2-4H,1H3;1-2,4,14H,3H2;1H4. The molecule has 0 radical (unpaired) electrons. The molecule has 0 unspecified atom stereocenters. The summed E-state index contributed by atoms with van der Waals surface area (Å²) in [6, 6.07) is 3.15. The molecule has 33 heavy (non-hydrogen) atoms. The third kappa shape index (κ3) is 6.66. The first kappa shape index (κ1) is 26.6. The van der Waals surface area contributed by atoms with Gasteiger partial charge in [-0.15, -0.1) is 0 Å². The quantitative estimate of drug-likeness (QED) is 0.248. The molecule has 0 amide bonds. The van der Waals surface area contributed by atoms with Crippen molar-refractivity contribution in [1.29, 1.82) is 0 Å². The second-order valence-electron chi connectivity index (χ2n) is 5.82. The second kappa shape index (κ2) is 12.0. The van der Waals surface area contributed by atoms with Crippen LogP contribution in [0.2, 0.25) is 20.4 Å². The summed E-state index contributed by atoms with van der Waals surface area (Å²) in [6.07, 6.45) is 5.52. The Bertz CT molecular complexity index is 1240. The fraction of sp³-hybridized carbons (Fsp3) is 0.150. The minimum absolute atomic E-state index is 0. The lowest BCUT2D eigenvalue weighted by Gasteiger charge is -1.97. The Morgan fingerprint density at radius 2 is 1.45 bits per heavy atom. The number of pyridine rings is 2. The van der Waals surface area contributed by atoms with E-state index >= 15 is 0 Å². The first-order valence-electron chi connectivity index (χ1n) is 8.54. The van der Waals surface area contributed by atoms with Crippen LogP contribution in [0.15, 0.2) is 45.9 Å². The molecule has 13 heteroatoms. The Hall–Kier alpha value is -2.69. The molecule has 9 nitrogen and oxygen atoms in total. The molecule has 0 fully saturated rings. The van der Waals surface area contributed by atoms with Gasteiger partial charge >= 0.3 is 5.97 Å². The number of oxazole rings is 2. The molecule has 0 aliphatic rings. The third-order valence-electron chi connectivity index (χ3n) is 3.70. The van der Waals surface area contributed by atoms with E-state index in [1.807, 2.05) is 0 Å². The number of methoxy groups -OCH3 is 1. The predicted molar refractivity (Wildman–Crippen MR) is 124 cm³/mol. The van der Waals surface area contributed by atoms with Gasteiger partial charge < -0.3 is 18.7 Å². The van der Waals surface area contributed by atoms with E-state index in [1.165, 1.54) is 32.0 Å². The van der Waals surface area contributed by atoms with Gasteiger partial charge in [0.1, 0.15) is 28.5 Å². The van der Waals surface area contributed by atoms with E-state index < -0.39 is 5.97 Å². The first-order chi connectivity index (χ1) is 15.3. The number of ether oxygens (including phenoxy) is 1. The van der Waals surface area contributed by atoms with Crippen LogP contribution in [0.3, 0.4) is 0 Å². The van der Waals surface area contributed by atoms with Crippen molar-refractivity contribution in [3.63, 3.8) is 0 Å². The van der Waals surface area contributed by atoms with Gasteiger partial charge in [-0.1, -0.05) is 53.8 Å². The highest BCUT2D eigenvalue weighted by atomic mass is 35.5. The molecule has 0 saturated heterocycles. The molecule has 174 valence electrons. The number of esters is 1. The molecule has 0 aliphatic heterocycles. The van der Waals surface area contributed by atoms with Gasteiger partial charge in [0.15, 0.2) is 5.69 Å². The zero-order valence-electron chi connectivity index (χ0n) is 16.1. The number of aliphatic hydroxyl groups is 1. The Kier molecular flexibility index (Phi) is 9.63. The lowest BCUT2D eigenvalue weighted by molar-refractivity contribution is 0.0594. The van der Waals surface area contributed by atoms with Crippen molar-refractivity contribution in [2.24, 2.45) is 0 Å². The number of halogens is 4. The van der Waals surface area contributed by atoms with Crippen LogP contribution in [-0.2, 0) is 11.3 Å². The lowest BCUT2D eigenvalue weighted by atomic mass is 10.3. The number of rotatable bonds is 4. The van der Waals surface area contributed by atoms with Crippen molar-refractivity contribution in [2.45, 2.75) is 14.0 Å². The molecule has 1 N–H and O–H groups in total. The van der Waals surface area contributed by atoms with Crippen molar-refractivity contribution in [3.8, 4) is 22.9 Å². The van der Waals surface area contributed by atoms with Crippen molar-refractivity contribution in [2.75, 3.05) is 7.11 Å². The van der Waals surface area contributed by atoms with Crippen molar-refractivity contribution in [3.05, 3.63) is 68.8 Å². The number of carbonyl (C=O) groups excluding carboxylic acids is 1. The molecule has 0 aromatic carbocycles. The summed E-state index contributed by atoms with van der Waals surface area (Å²) in [5.74, 6) is -0.00500. The highest BCUT2D eigenvalue weighted by molar-refractivity contribution is 6.41. The molecule has 0 saturated carbocycles. The number of carbonyl (C=O) groups is 1. The van der Waals surface area contributed by atoms with Crippen LogP contribution < -0.4 is 0 Å². The predicted octanol–water partition coefficient (Wildman–Crippen LogP) is 6.00. The van der Waals surface area contributed by atoms with Crippen LogP contribution in [0, 0.1) is 0 Å². The summed E-state index contributed by atoms with van der Waals surface area (Å²) in [7, 11) is 1.26. The van der Waals surface area contributed by atoms with Crippen LogP contribution in [-0.4, -0.2) is 38.1 Å². The van der Waals surface area contributed by atoms with E-state index in [1.54, 1.807) is 12.1 Å². The molecule has 4 aromatic heterocycles. The largest absolute Gasteiger partial charge is 0.464 e. The van der Waals surface area contributed by atoms with Crippen molar-refractivity contribution in [1.82, 2.24) is 19.9 Å². The summed E-state index contributed by atoms with van der Waals surface area (Å²) in [6.45, 7) is -0.168. The fourth-order valence-corrected chi connectivity index (χ4v) is 2.73. The lowest BCUT2D eigenvalue weighted by Crippen LogP contribution is -2.00. The molecule has 0 spiro atoms. The van der Waals surface area contributed by atoms with Gasteiger partial charge in [-0.25, -0.2) is 24.7 Å². The zero-order valence-corrected chi connectivity index (χ0v) is 19.1. The van der Waals surface area contributed by atoms with Crippen LogP contribution in [0.1, 0.15) is 23.6 Å². The molecule has 4 rings (SSSR count). The Labute approximate surface area is 208 Å². The Morgan fingerprint density at radius 1 is 0.939 bits per heavy atom. The van der Waals surface area contributed by atoms with Crippen LogP contribution in [0.5, 0.6) is 0 Å². The SMILES string of the molecule is C.COC(=O)c1coc(-c2cnc(Cl)c(Cl)c2)n1.OCc1coc(-c2cnc(Cl)c(Cl)c2)n1. The Balaban J connectivity index is 0.000000228. The summed E-state index contributed by atoms with van der Waals surface area (Å²) in [5.41, 5.74) is 1.67. The van der Waals surface area contributed by atoms with Gasteiger partial charge in [0.25, 0.3) is 0 Å². The number of hydrogen-bond donors (Lipinski definition) is 1. The van der Waals surface area contributed by atoms with Gasteiger partial charge in [0, 0.05) is 12.4 Å². The summed E-state index contributed by atoms with van der Waals surface area (Å²) in [5, 5.41) is 9.84. The fourth-order valence-electron chi connectivity index (χ4n) is 2.19. The number of nitrogens with zero attached hydrogens (tertiary/aromatic N) is 4. The number of aliphatic hydroxyl groups excluding tert-OH is 1. The average molecular weight is 534 g/mol. The monoisotopic (exact) mass is 532 g/mol. The Morgan fingerprint density at radius 3 is 1.91 bits per heavy atom. The van der Waals surface area contributed by atoms with E-state index in [0.29, 0.717) is 27.7 Å². The highest BCUT2D eigenvalue weighted by Gasteiger charge is 2.14. The minimum atomic E-state index is -0.576. The highest BCUT2D eigenvalue weighted by Crippen LogP contribution is 2.27. The number of hydrogen-bond acceptors (Lipinski definition) is 9. The molecule has 4 heterocycles. The molecule has 0 atom stereocenters. The summed E-state index contributed by atoms with van der Waals surface area (Å²) < 4.78 is 14.7. The summed E-state index contributed by atoms with van der Waals surface area (Å²) in [4.78, 5) is 26.8. The molecular weight excluding hydrogens is 518 g/mol. The van der Waals surface area contributed by atoms with Gasteiger partial charge in [-0.2, -0.15) is 0 Å². The average Bonchev–Trinajstić information content (AvgIpc) is 3.47. The van der Waals surface area contributed by atoms with Crippen molar-refractivity contribution < 1.29 is 23.5 Å². The van der Waals surface area contributed by atoms with E-state index in [-0.39, 0.29) is 40.9 Å². The van der Waals surface area contributed by atoms with Gasteiger partial charge in [-0.05, 0) is 12.1 Å². The van der Waals surface area contributed by atoms with Gasteiger partial charge in [0.2, 0.25) is 11.8 Å². The van der Waals surface area contributed by atoms with Gasteiger partial charge in [-0.3, -0.25) is 0 Å². The molecule has 0 aliphatic carbocycles. The first-order valence-corrected chi connectivity index (χ1v) is 10.1. The maximum atomic E-state index is 11.2. The smallest absolute Gasteiger partial charge is 0.360 e. The molecular formula is C20H16Cl4N4O5. The van der Waals surface area contributed by atoms with Crippen molar-refractivity contribution >= 4 is 52.4 Å². The zero-order chi connectivity index (χ0) is 23.3. The van der Waals surface area contributed by atoms with Crippen LogP contribution >= 0.6 is 46.4 Å². The molecule has 4 aromatic rings. The third-order valence-corrected chi connectivity index (χ3v) is 5.07. The topological polar surface area (TPSA) is 124 Å². The minimum Gasteiger partial charge on any atom is -0.464 e. The van der Waals surface area contributed by atoms with E-state index in [2.05, 4.69) is 24.7 Å². The van der Waals surface area contributed by atoms with Crippen LogP contribution in [0.4, 0.5) is 0 Å². The molecule has 0 bridgehead atoms. The van der Waals surface area contributed by atoms with E-state index in [4.69, 9.17) is 60.3 Å². The second-order valence-corrected chi connectivity index (χ2v) is 7.36. The summed E-state index contributed by atoms with van der Waals surface area (Å²) >= 11 is 22.9. The maximum Gasteiger partial charge on any atom is 0.360 e. The van der Waals surface area contributed by atoms with Gasteiger partial charge in [0.05, 0.1) is 34.9 Å². The maximum absolute atomic E-state index is 11.2. The van der Waals surface area contributed by atoms with Crippen LogP contribution in [0.25, 0.3) is 22.9 Å². The normalized spacial score (nSPS) is 10.1. The van der Waals surface area contributed by atoms with E-state index in [9.17, 15) is 4.79 Å².